The third kappa shape index (κ3) is 3.90. The third-order valence-corrected chi connectivity index (χ3v) is 5.47. The highest BCUT2D eigenvalue weighted by Crippen LogP contribution is 2.40. The van der Waals surface area contributed by atoms with Gasteiger partial charge in [0.2, 0.25) is 12.7 Å². The molecule has 0 atom stereocenters. The lowest BCUT2D eigenvalue weighted by Gasteiger charge is -2.38. The lowest BCUT2D eigenvalue weighted by Crippen LogP contribution is -2.46. The number of amides is 1. The van der Waals surface area contributed by atoms with E-state index in [0.717, 1.165) is 36.8 Å². The zero-order chi connectivity index (χ0) is 17.1. The molecule has 2 aliphatic heterocycles. The smallest absolute Gasteiger partial charge is 0.233 e. The van der Waals surface area contributed by atoms with Gasteiger partial charge in [-0.3, -0.25) is 4.79 Å². The summed E-state index contributed by atoms with van der Waals surface area (Å²) in [5.74, 6) is 2.43. The minimum atomic E-state index is -0.106. The van der Waals surface area contributed by atoms with Crippen LogP contribution < -0.4 is 20.1 Å². The summed E-state index contributed by atoms with van der Waals surface area (Å²) in [5, 5.41) is 6.37. The molecule has 25 heavy (non-hydrogen) atoms. The van der Waals surface area contributed by atoms with Crippen molar-refractivity contribution in [2.24, 2.45) is 5.92 Å². The topological polar surface area (TPSA) is 68.8 Å². The average molecular weight is 346 g/mol. The summed E-state index contributed by atoms with van der Waals surface area (Å²) in [6.45, 7) is 3.67. The molecule has 1 aliphatic carbocycles. The van der Waals surface area contributed by atoms with Crippen molar-refractivity contribution in [3.8, 4) is 11.5 Å². The van der Waals surface area contributed by atoms with Crippen molar-refractivity contribution >= 4 is 5.91 Å². The van der Waals surface area contributed by atoms with Crippen LogP contribution in [0.15, 0.2) is 18.2 Å². The third-order valence-electron chi connectivity index (χ3n) is 5.47. The first-order valence-corrected chi connectivity index (χ1v) is 9.20. The normalized spacial score (nSPS) is 21.1. The largest absolute Gasteiger partial charge is 0.454 e. The molecule has 3 aliphatic rings. The lowest BCUT2D eigenvalue weighted by molar-refractivity contribution is -0.120. The fourth-order valence-corrected chi connectivity index (χ4v) is 3.60. The summed E-state index contributed by atoms with van der Waals surface area (Å²) in [6, 6.07) is 6.12. The SMILES string of the molecule is O=C(CNCC1CC1)NCC1(c2ccc3c(c2)OCO3)CCOCC1. The van der Waals surface area contributed by atoms with Crippen molar-refractivity contribution in [2.45, 2.75) is 31.1 Å². The first kappa shape index (κ1) is 16.7. The molecule has 0 unspecified atom stereocenters. The molecule has 4 rings (SSSR count). The van der Waals surface area contributed by atoms with Crippen LogP contribution in [0.4, 0.5) is 0 Å². The number of fused-ring (bicyclic) bond motifs is 1. The van der Waals surface area contributed by atoms with Crippen LogP contribution in [0.2, 0.25) is 0 Å². The van der Waals surface area contributed by atoms with Crippen LogP contribution >= 0.6 is 0 Å². The lowest BCUT2D eigenvalue weighted by atomic mass is 9.74. The van der Waals surface area contributed by atoms with Crippen molar-refractivity contribution in [3.05, 3.63) is 23.8 Å². The Balaban J connectivity index is 1.40. The number of nitrogens with one attached hydrogen (secondary N) is 2. The highest BCUT2D eigenvalue weighted by atomic mass is 16.7. The zero-order valence-electron chi connectivity index (χ0n) is 14.5. The van der Waals surface area contributed by atoms with E-state index in [1.807, 2.05) is 6.07 Å². The Labute approximate surface area is 148 Å². The predicted octanol–water partition coefficient (Wildman–Crippen LogP) is 1.58. The maximum atomic E-state index is 12.2. The summed E-state index contributed by atoms with van der Waals surface area (Å²) in [7, 11) is 0. The van der Waals surface area contributed by atoms with Crippen LogP contribution in [-0.4, -0.2) is 45.5 Å². The molecule has 1 saturated carbocycles. The molecule has 2 fully saturated rings. The van der Waals surface area contributed by atoms with Crippen molar-refractivity contribution in [1.82, 2.24) is 10.6 Å². The fourth-order valence-electron chi connectivity index (χ4n) is 3.60. The van der Waals surface area contributed by atoms with Crippen LogP contribution in [0.1, 0.15) is 31.2 Å². The molecule has 0 aromatic heterocycles. The maximum absolute atomic E-state index is 12.2. The maximum Gasteiger partial charge on any atom is 0.233 e. The van der Waals surface area contributed by atoms with Crippen LogP contribution in [0, 0.1) is 5.92 Å². The van der Waals surface area contributed by atoms with Gasteiger partial charge in [0.15, 0.2) is 11.5 Å². The zero-order valence-corrected chi connectivity index (χ0v) is 14.5. The highest BCUT2D eigenvalue weighted by Gasteiger charge is 2.36. The number of ether oxygens (including phenoxy) is 3. The van der Waals surface area contributed by atoms with E-state index in [2.05, 4.69) is 22.8 Å². The van der Waals surface area contributed by atoms with Crippen LogP contribution in [0.3, 0.4) is 0 Å². The molecule has 1 aromatic carbocycles. The van der Waals surface area contributed by atoms with Gasteiger partial charge in [-0.15, -0.1) is 0 Å². The fraction of sp³-hybridized carbons (Fsp3) is 0.632. The molecule has 2 heterocycles. The van der Waals surface area contributed by atoms with Gasteiger partial charge >= 0.3 is 0 Å². The molecule has 1 aromatic rings. The predicted molar refractivity (Wildman–Crippen MR) is 92.9 cm³/mol. The summed E-state index contributed by atoms with van der Waals surface area (Å²) in [4.78, 5) is 12.2. The molecule has 0 radical (unpaired) electrons. The van der Waals surface area contributed by atoms with E-state index in [4.69, 9.17) is 14.2 Å². The van der Waals surface area contributed by atoms with E-state index in [1.54, 1.807) is 0 Å². The van der Waals surface area contributed by atoms with Crippen molar-refractivity contribution in [1.29, 1.82) is 0 Å². The molecule has 2 N–H and O–H groups in total. The number of carbonyl (C=O) groups is 1. The Hall–Kier alpha value is -1.79. The van der Waals surface area contributed by atoms with E-state index in [1.165, 1.54) is 18.4 Å². The van der Waals surface area contributed by atoms with Gasteiger partial charge in [0.1, 0.15) is 0 Å². The van der Waals surface area contributed by atoms with Crippen LogP contribution in [-0.2, 0) is 14.9 Å². The second-order valence-electron chi connectivity index (χ2n) is 7.31. The van der Waals surface area contributed by atoms with Gasteiger partial charge in [-0.05, 0) is 55.8 Å². The van der Waals surface area contributed by atoms with Gasteiger partial charge in [0, 0.05) is 25.2 Å². The standard InChI is InChI=1S/C19H26N2O4/c22-18(11-20-10-14-1-2-14)21-12-19(5-7-23-8-6-19)15-3-4-16-17(9-15)25-13-24-16/h3-4,9,14,20H,1-2,5-8,10-13H2,(H,21,22). The second-order valence-corrected chi connectivity index (χ2v) is 7.31. The average Bonchev–Trinajstić information content (AvgIpc) is 3.34. The Bertz CT molecular complexity index is 624. The first-order chi connectivity index (χ1) is 12.3. The van der Waals surface area contributed by atoms with Crippen molar-refractivity contribution < 1.29 is 19.0 Å². The van der Waals surface area contributed by atoms with Crippen LogP contribution in [0.25, 0.3) is 0 Å². The Morgan fingerprint density at radius 3 is 2.76 bits per heavy atom. The molecule has 1 amide bonds. The van der Waals surface area contributed by atoms with E-state index in [9.17, 15) is 4.79 Å². The van der Waals surface area contributed by atoms with Crippen molar-refractivity contribution in [3.63, 3.8) is 0 Å². The molecular formula is C19H26N2O4. The Morgan fingerprint density at radius 2 is 1.96 bits per heavy atom. The summed E-state index contributed by atoms with van der Waals surface area (Å²) < 4.78 is 16.5. The second kappa shape index (κ2) is 7.22. The highest BCUT2D eigenvalue weighted by molar-refractivity contribution is 5.78. The molecular weight excluding hydrogens is 320 g/mol. The van der Waals surface area contributed by atoms with E-state index >= 15 is 0 Å². The quantitative estimate of drug-likeness (QED) is 0.785. The number of hydrogen-bond acceptors (Lipinski definition) is 5. The number of rotatable bonds is 7. The van der Waals surface area contributed by atoms with Gasteiger partial charge in [-0.25, -0.2) is 0 Å². The van der Waals surface area contributed by atoms with Gasteiger partial charge in [0.25, 0.3) is 0 Å². The molecule has 136 valence electrons. The summed E-state index contributed by atoms with van der Waals surface area (Å²) in [6.07, 6.45) is 4.37. The molecule has 0 spiro atoms. The van der Waals surface area contributed by atoms with Crippen molar-refractivity contribution in [2.75, 3.05) is 39.6 Å². The van der Waals surface area contributed by atoms with Gasteiger partial charge < -0.3 is 24.8 Å². The molecule has 1 saturated heterocycles. The Kier molecular flexibility index (Phi) is 4.81. The molecule has 6 heteroatoms. The van der Waals surface area contributed by atoms with Gasteiger partial charge in [-0.2, -0.15) is 0 Å². The van der Waals surface area contributed by atoms with Crippen LogP contribution in [0.5, 0.6) is 11.5 Å². The van der Waals surface area contributed by atoms with E-state index in [-0.39, 0.29) is 18.1 Å². The number of carbonyl (C=O) groups excluding carboxylic acids is 1. The monoisotopic (exact) mass is 346 g/mol. The van der Waals surface area contributed by atoms with E-state index < -0.39 is 0 Å². The van der Waals surface area contributed by atoms with E-state index in [0.29, 0.717) is 26.3 Å². The molecule has 6 nitrogen and oxygen atoms in total. The molecule has 0 bridgehead atoms. The summed E-state index contributed by atoms with van der Waals surface area (Å²) in [5.41, 5.74) is 1.08. The minimum absolute atomic E-state index is 0.0623. The first-order valence-electron chi connectivity index (χ1n) is 9.20. The van der Waals surface area contributed by atoms with Gasteiger partial charge in [-0.1, -0.05) is 6.07 Å². The number of benzene rings is 1. The summed E-state index contributed by atoms with van der Waals surface area (Å²) >= 11 is 0. The number of hydrogen-bond donors (Lipinski definition) is 2. The van der Waals surface area contributed by atoms with Gasteiger partial charge in [0.05, 0.1) is 6.54 Å². The minimum Gasteiger partial charge on any atom is -0.454 e. The Morgan fingerprint density at radius 1 is 1.16 bits per heavy atom.